The molecule has 3 rings (SSSR count). The minimum Gasteiger partial charge on any atom is -0.373 e. The van der Waals surface area contributed by atoms with Gasteiger partial charge in [0.15, 0.2) is 9.84 Å². The van der Waals surface area contributed by atoms with Gasteiger partial charge in [-0.15, -0.1) is 0 Å². The highest BCUT2D eigenvalue weighted by atomic mass is 32.2. The van der Waals surface area contributed by atoms with Gasteiger partial charge in [0.2, 0.25) is 5.91 Å². The molecule has 0 saturated carbocycles. The molecule has 5 nitrogen and oxygen atoms in total. The quantitative estimate of drug-likeness (QED) is 0.385. The van der Waals surface area contributed by atoms with Gasteiger partial charge in [0, 0.05) is 17.5 Å². The topological polar surface area (TPSA) is 75.3 Å². The Kier molecular flexibility index (Phi) is 7.54. The van der Waals surface area contributed by atoms with Crippen molar-refractivity contribution in [2.45, 2.75) is 31.0 Å². The Balaban J connectivity index is 1.81. The van der Waals surface area contributed by atoms with E-state index in [4.69, 9.17) is 0 Å². The van der Waals surface area contributed by atoms with E-state index in [-0.39, 0.29) is 16.5 Å². The highest BCUT2D eigenvalue weighted by molar-refractivity contribution is 7.90. The van der Waals surface area contributed by atoms with Crippen LogP contribution in [0.5, 0.6) is 0 Å². The molecule has 0 heterocycles. The maximum atomic E-state index is 14.9. The Labute approximate surface area is 201 Å². The third-order valence-corrected chi connectivity index (χ3v) is 6.46. The van der Waals surface area contributed by atoms with E-state index in [0.29, 0.717) is 16.8 Å². The average molecular weight is 509 g/mol. The average Bonchev–Trinajstić information content (AvgIpc) is 2.77. The number of amides is 1. The van der Waals surface area contributed by atoms with E-state index >= 15 is 0 Å². The van der Waals surface area contributed by atoms with Crippen molar-refractivity contribution in [3.8, 4) is 11.1 Å². The Morgan fingerprint density at radius 3 is 2.11 bits per heavy atom. The molecule has 0 fully saturated rings. The number of benzene rings is 3. The van der Waals surface area contributed by atoms with Gasteiger partial charge in [-0.1, -0.05) is 38.1 Å². The van der Waals surface area contributed by atoms with E-state index in [1.807, 2.05) is 0 Å². The number of hydrogen-bond acceptors (Lipinski definition) is 4. The normalized spacial score (nSPS) is 12.9. The molecule has 3 aromatic carbocycles. The van der Waals surface area contributed by atoms with E-state index in [0.717, 1.165) is 24.5 Å². The Bertz CT molecular complexity index is 1320. The molecule has 1 amide bonds. The lowest BCUT2D eigenvalue weighted by Gasteiger charge is -2.23. The summed E-state index contributed by atoms with van der Waals surface area (Å²) in [7, 11) is -3.55. The minimum atomic E-state index is -4.47. The smallest absolute Gasteiger partial charge is 0.373 e. The van der Waals surface area contributed by atoms with Crippen molar-refractivity contribution in [3.05, 3.63) is 78.1 Å². The first kappa shape index (κ1) is 26.2. The SMILES string of the molecule is CC(C)[C@@H](Nc1ccc(C(F)(F)F)cc1)C(=O)Nc1ccc(-c2ccccc2S(C)(=O)=O)cc1F. The second-order valence-corrected chi connectivity index (χ2v) is 10.4. The van der Waals surface area contributed by atoms with Gasteiger partial charge >= 0.3 is 6.18 Å². The van der Waals surface area contributed by atoms with Crippen LogP contribution in [0.15, 0.2) is 71.6 Å². The largest absolute Gasteiger partial charge is 0.416 e. The first-order valence-electron chi connectivity index (χ1n) is 10.6. The van der Waals surface area contributed by atoms with Gasteiger partial charge in [-0.2, -0.15) is 13.2 Å². The van der Waals surface area contributed by atoms with Crippen LogP contribution in [0.25, 0.3) is 11.1 Å². The summed E-state index contributed by atoms with van der Waals surface area (Å²) >= 11 is 0. The molecular formula is C25H24F4N2O3S. The van der Waals surface area contributed by atoms with E-state index in [1.54, 1.807) is 32.0 Å². The molecule has 0 aliphatic rings. The molecular weight excluding hydrogens is 484 g/mol. The van der Waals surface area contributed by atoms with Crippen LogP contribution in [0.2, 0.25) is 0 Å². The number of nitrogens with one attached hydrogen (secondary N) is 2. The lowest BCUT2D eigenvalue weighted by Crippen LogP contribution is -2.39. The van der Waals surface area contributed by atoms with Crippen LogP contribution in [0.4, 0.5) is 28.9 Å². The lowest BCUT2D eigenvalue weighted by atomic mass is 10.0. The number of sulfone groups is 1. The van der Waals surface area contributed by atoms with Crippen molar-refractivity contribution in [2.24, 2.45) is 5.92 Å². The van der Waals surface area contributed by atoms with Crippen LogP contribution in [-0.2, 0) is 20.8 Å². The zero-order chi connectivity index (χ0) is 26.0. The van der Waals surface area contributed by atoms with Gasteiger partial charge in [0.05, 0.1) is 16.1 Å². The second-order valence-electron chi connectivity index (χ2n) is 8.39. The van der Waals surface area contributed by atoms with Crippen LogP contribution in [0.1, 0.15) is 19.4 Å². The minimum absolute atomic E-state index is 0.0526. The summed E-state index contributed by atoms with van der Waals surface area (Å²) in [6.07, 6.45) is -3.41. The molecule has 0 radical (unpaired) electrons. The first-order valence-corrected chi connectivity index (χ1v) is 12.5. The van der Waals surface area contributed by atoms with Gasteiger partial charge in [-0.05, 0) is 53.9 Å². The Morgan fingerprint density at radius 1 is 0.943 bits per heavy atom. The Hall–Kier alpha value is -3.40. The molecule has 2 N–H and O–H groups in total. The fourth-order valence-electron chi connectivity index (χ4n) is 3.49. The van der Waals surface area contributed by atoms with Crippen molar-refractivity contribution >= 4 is 27.1 Å². The molecule has 0 spiro atoms. The third kappa shape index (κ3) is 6.39. The second kappa shape index (κ2) is 10.1. The van der Waals surface area contributed by atoms with E-state index < -0.39 is 39.3 Å². The summed E-state index contributed by atoms with van der Waals surface area (Å²) < 4.78 is 77.4. The van der Waals surface area contributed by atoms with Gasteiger partial charge < -0.3 is 10.6 Å². The van der Waals surface area contributed by atoms with E-state index in [1.165, 1.54) is 30.3 Å². The molecule has 0 aromatic heterocycles. The monoisotopic (exact) mass is 508 g/mol. The molecule has 0 unspecified atom stereocenters. The summed E-state index contributed by atoms with van der Waals surface area (Å²) in [6, 6.07) is 13.6. The predicted molar refractivity (Wildman–Crippen MR) is 127 cm³/mol. The van der Waals surface area contributed by atoms with Crippen molar-refractivity contribution in [3.63, 3.8) is 0 Å². The van der Waals surface area contributed by atoms with Gasteiger partial charge in [0.1, 0.15) is 11.9 Å². The van der Waals surface area contributed by atoms with Gasteiger partial charge in [-0.25, -0.2) is 12.8 Å². The van der Waals surface area contributed by atoms with Crippen molar-refractivity contribution < 1.29 is 30.8 Å². The number of carbonyl (C=O) groups excluding carboxylic acids is 1. The molecule has 0 aliphatic carbocycles. The fourth-order valence-corrected chi connectivity index (χ4v) is 4.40. The molecule has 10 heteroatoms. The van der Waals surface area contributed by atoms with E-state index in [9.17, 15) is 30.8 Å². The van der Waals surface area contributed by atoms with Crippen molar-refractivity contribution in [1.82, 2.24) is 0 Å². The molecule has 0 saturated heterocycles. The predicted octanol–water partition coefficient (Wildman–Crippen LogP) is 5.99. The summed E-state index contributed by atoms with van der Waals surface area (Å²) in [5.41, 5.74) is 0.0318. The maximum Gasteiger partial charge on any atom is 0.416 e. The van der Waals surface area contributed by atoms with Crippen LogP contribution in [-0.4, -0.2) is 26.6 Å². The van der Waals surface area contributed by atoms with Crippen LogP contribution in [0.3, 0.4) is 0 Å². The van der Waals surface area contributed by atoms with Crippen molar-refractivity contribution in [1.29, 1.82) is 0 Å². The summed E-state index contributed by atoms with van der Waals surface area (Å²) in [4.78, 5) is 12.9. The first-order chi connectivity index (χ1) is 16.3. The molecule has 0 aliphatic heterocycles. The highest BCUT2D eigenvalue weighted by Gasteiger charge is 2.30. The third-order valence-electron chi connectivity index (χ3n) is 5.31. The summed E-state index contributed by atoms with van der Waals surface area (Å²) in [6.45, 7) is 3.48. The number of halogens is 4. The number of carbonyl (C=O) groups is 1. The number of rotatable bonds is 7. The lowest BCUT2D eigenvalue weighted by molar-refractivity contribution is -0.137. The van der Waals surface area contributed by atoms with Gasteiger partial charge in [0.25, 0.3) is 0 Å². The Morgan fingerprint density at radius 2 is 1.57 bits per heavy atom. The van der Waals surface area contributed by atoms with Crippen molar-refractivity contribution in [2.75, 3.05) is 16.9 Å². The zero-order valence-electron chi connectivity index (χ0n) is 19.2. The summed E-state index contributed by atoms with van der Waals surface area (Å²) in [5, 5.41) is 5.39. The molecule has 1 atom stereocenters. The van der Waals surface area contributed by atoms with E-state index in [2.05, 4.69) is 10.6 Å². The molecule has 35 heavy (non-hydrogen) atoms. The standard InChI is InChI=1S/C25H24F4N2O3S/c1-15(2)23(30-18-11-9-17(10-12-18)25(27,28)29)24(32)31-21-13-8-16(14-20(21)26)19-6-4-5-7-22(19)35(3,33)34/h4-15,23,30H,1-3H3,(H,31,32)/t23-/m1/s1. The molecule has 186 valence electrons. The number of anilines is 2. The maximum absolute atomic E-state index is 14.9. The number of alkyl halides is 3. The number of hydrogen-bond donors (Lipinski definition) is 2. The van der Waals surface area contributed by atoms with Crippen LogP contribution >= 0.6 is 0 Å². The molecule has 3 aromatic rings. The van der Waals surface area contributed by atoms with Crippen LogP contribution in [0, 0.1) is 11.7 Å². The highest BCUT2D eigenvalue weighted by Crippen LogP contribution is 2.31. The zero-order valence-corrected chi connectivity index (χ0v) is 20.0. The van der Waals surface area contributed by atoms with Crippen LogP contribution < -0.4 is 10.6 Å². The molecule has 0 bridgehead atoms. The van der Waals surface area contributed by atoms with Gasteiger partial charge in [-0.3, -0.25) is 4.79 Å². The summed E-state index contributed by atoms with van der Waals surface area (Å²) in [5.74, 6) is -1.62. The fraction of sp³-hybridized carbons (Fsp3) is 0.240.